The molecule has 1 aliphatic carbocycles. The summed E-state index contributed by atoms with van der Waals surface area (Å²) in [6.45, 7) is 5.07. The lowest BCUT2D eigenvalue weighted by Gasteiger charge is -2.50. The van der Waals surface area contributed by atoms with Crippen LogP contribution in [0.1, 0.15) is 38.7 Å². The molecule has 1 saturated heterocycles. The summed E-state index contributed by atoms with van der Waals surface area (Å²) in [6.07, 6.45) is 1.84. The smallest absolute Gasteiger partial charge is 0.233 e. The average molecular weight is 335 g/mol. The second-order valence-corrected chi connectivity index (χ2v) is 7.89. The van der Waals surface area contributed by atoms with Gasteiger partial charge in [-0.3, -0.25) is 4.79 Å². The number of methoxy groups -OCH3 is 1. The van der Waals surface area contributed by atoms with Crippen LogP contribution in [0.25, 0.3) is 0 Å². The summed E-state index contributed by atoms with van der Waals surface area (Å²) in [4.78, 5) is 14.9. The van der Waals surface area contributed by atoms with Gasteiger partial charge >= 0.3 is 0 Å². The van der Waals surface area contributed by atoms with Crippen LogP contribution in [-0.4, -0.2) is 48.3 Å². The van der Waals surface area contributed by atoms with Crippen LogP contribution in [0.2, 0.25) is 0 Å². The Labute approximate surface area is 142 Å². The third kappa shape index (κ3) is 2.64. The van der Waals surface area contributed by atoms with Crippen LogP contribution in [0.3, 0.4) is 0 Å². The minimum Gasteiger partial charge on any atom is -0.387 e. The van der Waals surface area contributed by atoms with Crippen LogP contribution in [0.4, 0.5) is 4.39 Å². The molecule has 1 saturated carbocycles. The number of carbonyl (C=O) groups is 1. The van der Waals surface area contributed by atoms with Crippen LogP contribution in [-0.2, 0) is 14.9 Å². The number of aliphatic hydroxyl groups is 1. The topological polar surface area (TPSA) is 49.8 Å². The van der Waals surface area contributed by atoms with Crippen molar-refractivity contribution >= 4 is 5.91 Å². The van der Waals surface area contributed by atoms with Crippen molar-refractivity contribution in [2.24, 2.45) is 5.41 Å². The monoisotopic (exact) mass is 335 g/mol. The van der Waals surface area contributed by atoms with Gasteiger partial charge in [0.25, 0.3) is 0 Å². The second kappa shape index (κ2) is 5.81. The quantitative estimate of drug-likeness (QED) is 0.920. The molecule has 0 spiro atoms. The molecule has 5 heteroatoms. The van der Waals surface area contributed by atoms with E-state index in [2.05, 4.69) is 0 Å². The largest absolute Gasteiger partial charge is 0.387 e. The number of piperidine rings is 1. The van der Waals surface area contributed by atoms with E-state index < -0.39 is 16.4 Å². The van der Waals surface area contributed by atoms with Gasteiger partial charge in [0.1, 0.15) is 5.82 Å². The van der Waals surface area contributed by atoms with Gasteiger partial charge in [-0.25, -0.2) is 4.39 Å². The Bertz CT molecular complexity index is 641. The van der Waals surface area contributed by atoms with Crippen molar-refractivity contribution in [1.29, 1.82) is 0 Å². The van der Waals surface area contributed by atoms with Gasteiger partial charge in [0.2, 0.25) is 5.91 Å². The van der Waals surface area contributed by atoms with Crippen molar-refractivity contribution in [2.45, 2.75) is 44.1 Å². The molecule has 0 bridgehead atoms. The van der Waals surface area contributed by atoms with Crippen molar-refractivity contribution in [3.63, 3.8) is 0 Å². The predicted octanol–water partition coefficient (Wildman–Crippen LogP) is 2.49. The highest BCUT2D eigenvalue weighted by atomic mass is 19.1. The maximum atomic E-state index is 14.2. The van der Waals surface area contributed by atoms with Gasteiger partial charge in [-0.05, 0) is 25.3 Å². The van der Waals surface area contributed by atoms with E-state index >= 15 is 0 Å². The predicted molar refractivity (Wildman–Crippen MR) is 89.1 cm³/mol. The summed E-state index contributed by atoms with van der Waals surface area (Å²) in [5, 5.41) is 10.9. The molecule has 1 atom stereocenters. The fraction of sp³-hybridized carbons (Fsp3) is 0.632. The molecule has 1 amide bonds. The zero-order valence-corrected chi connectivity index (χ0v) is 14.6. The fourth-order valence-corrected chi connectivity index (χ4v) is 3.92. The minimum atomic E-state index is -0.951. The van der Waals surface area contributed by atoms with Crippen molar-refractivity contribution in [1.82, 2.24) is 4.90 Å². The van der Waals surface area contributed by atoms with Crippen LogP contribution < -0.4 is 0 Å². The number of amides is 1. The van der Waals surface area contributed by atoms with E-state index in [4.69, 9.17) is 4.74 Å². The van der Waals surface area contributed by atoms with Gasteiger partial charge in [0, 0.05) is 31.2 Å². The highest BCUT2D eigenvalue weighted by Crippen LogP contribution is 2.51. The summed E-state index contributed by atoms with van der Waals surface area (Å²) >= 11 is 0. The molecular weight excluding hydrogens is 309 g/mol. The Morgan fingerprint density at radius 3 is 2.50 bits per heavy atom. The first-order chi connectivity index (χ1) is 11.3. The van der Waals surface area contributed by atoms with E-state index in [9.17, 15) is 14.3 Å². The normalized spacial score (nSPS) is 27.8. The summed E-state index contributed by atoms with van der Waals surface area (Å²) in [5.41, 5.74) is -1.64. The van der Waals surface area contributed by atoms with Crippen molar-refractivity contribution in [3.05, 3.63) is 35.6 Å². The molecule has 2 aliphatic rings. The summed E-state index contributed by atoms with van der Waals surface area (Å²) in [7, 11) is 1.57. The lowest BCUT2D eigenvalue weighted by atomic mass is 9.70. The Morgan fingerprint density at radius 1 is 1.29 bits per heavy atom. The second-order valence-electron chi connectivity index (χ2n) is 7.89. The summed E-state index contributed by atoms with van der Waals surface area (Å²) < 4.78 is 19.4. The number of ether oxygens (including phenoxy) is 1. The number of rotatable bonds is 4. The van der Waals surface area contributed by atoms with Gasteiger partial charge in [-0.1, -0.05) is 32.0 Å². The first kappa shape index (κ1) is 17.4. The maximum Gasteiger partial charge on any atom is 0.233 e. The van der Waals surface area contributed by atoms with Crippen LogP contribution in [0, 0.1) is 11.2 Å². The van der Waals surface area contributed by atoms with Gasteiger partial charge in [0.05, 0.1) is 17.6 Å². The first-order valence-electron chi connectivity index (χ1n) is 8.51. The summed E-state index contributed by atoms with van der Waals surface area (Å²) in [5.74, 6) is -0.323. The average Bonchev–Trinajstić information content (AvgIpc) is 3.32. The molecule has 2 fully saturated rings. The fourth-order valence-electron chi connectivity index (χ4n) is 3.92. The molecule has 1 heterocycles. The lowest BCUT2D eigenvalue weighted by molar-refractivity contribution is -0.165. The molecule has 132 valence electrons. The highest BCUT2D eigenvalue weighted by molar-refractivity contribution is 5.91. The Balaban J connectivity index is 1.81. The molecule has 3 rings (SSSR count). The molecule has 1 aliphatic heterocycles. The number of halogens is 1. The van der Waals surface area contributed by atoms with Crippen molar-refractivity contribution in [3.8, 4) is 0 Å². The van der Waals surface area contributed by atoms with E-state index in [1.54, 1.807) is 30.2 Å². The summed E-state index contributed by atoms with van der Waals surface area (Å²) in [6, 6.07) is 6.56. The van der Waals surface area contributed by atoms with Crippen LogP contribution in [0.15, 0.2) is 24.3 Å². The van der Waals surface area contributed by atoms with Gasteiger partial charge in [-0.2, -0.15) is 0 Å². The van der Waals surface area contributed by atoms with E-state index in [0.29, 0.717) is 37.9 Å². The molecule has 24 heavy (non-hydrogen) atoms. The first-order valence-corrected chi connectivity index (χ1v) is 8.51. The number of nitrogens with zero attached hydrogens (tertiary/aromatic N) is 1. The maximum absolute atomic E-state index is 14.2. The van der Waals surface area contributed by atoms with E-state index in [-0.39, 0.29) is 18.3 Å². The standard InChI is InChI=1S/C19H26FNO3/c1-17(2)12-21(11-10-19(17,23)13-24-3)16(22)18(8-9-18)14-6-4-5-7-15(14)20/h4-7,23H,8-13H2,1-3H3/t19-/m1/s1. The van der Waals surface area contributed by atoms with Crippen molar-refractivity contribution < 1.29 is 19.0 Å². The Hall–Kier alpha value is -1.46. The Morgan fingerprint density at radius 2 is 1.96 bits per heavy atom. The van der Waals surface area contributed by atoms with Crippen LogP contribution >= 0.6 is 0 Å². The molecule has 0 radical (unpaired) electrons. The van der Waals surface area contributed by atoms with Crippen LogP contribution in [0.5, 0.6) is 0 Å². The third-order valence-electron chi connectivity index (χ3n) is 5.86. The molecule has 1 N–H and O–H groups in total. The number of likely N-dealkylation sites (tertiary alicyclic amines) is 1. The van der Waals surface area contributed by atoms with E-state index in [0.717, 1.165) is 0 Å². The number of carbonyl (C=O) groups excluding carboxylic acids is 1. The third-order valence-corrected chi connectivity index (χ3v) is 5.86. The number of hydrogen-bond donors (Lipinski definition) is 1. The van der Waals surface area contributed by atoms with Gasteiger partial charge in [0.15, 0.2) is 0 Å². The van der Waals surface area contributed by atoms with Crippen molar-refractivity contribution in [2.75, 3.05) is 26.8 Å². The van der Waals surface area contributed by atoms with Gasteiger partial charge < -0.3 is 14.7 Å². The Kier molecular flexibility index (Phi) is 4.21. The zero-order chi connectivity index (χ0) is 17.6. The molecule has 0 aromatic heterocycles. The van der Waals surface area contributed by atoms with E-state index in [1.165, 1.54) is 6.07 Å². The molecule has 4 nitrogen and oxygen atoms in total. The van der Waals surface area contributed by atoms with E-state index in [1.807, 2.05) is 13.8 Å². The molecular formula is C19H26FNO3. The van der Waals surface area contributed by atoms with Gasteiger partial charge in [-0.15, -0.1) is 0 Å². The highest BCUT2D eigenvalue weighted by Gasteiger charge is 2.57. The molecule has 1 aromatic carbocycles. The lowest BCUT2D eigenvalue weighted by Crippen LogP contribution is -2.61. The zero-order valence-electron chi connectivity index (χ0n) is 14.6. The number of benzene rings is 1. The molecule has 0 unspecified atom stereocenters. The SMILES string of the molecule is COC[C@]1(O)CCN(C(=O)C2(c3ccccc3F)CC2)CC1(C)C. The minimum absolute atomic E-state index is 0.0138. The molecule has 1 aromatic rings. The number of hydrogen-bond acceptors (Lipinski definition) is 3.